The van der Waals surface area contributed by atoms with Crippen molar-refractivity contribution in [3.63, 3.8) is 0 Å². The van der Waals surface area contributed by atoms with Crippen LogP contribution in [0.25, 0.3) is 0 Å². The summed E-state index contributed by atoms with van der Waals surface area (Å²) in [6, 6.07) is -1.40. The number of amides is 1. The predicted octanol–water partition coefficient (Wildman–Crippen LogP) is 4.44. The number of methoxy groups -OCH3 is 2. The maximum absolute atomic E-state index is 13.9. The molecule has 0 radical (unpaired) electrons. The maximum atomic E-state index is 13.9. The van der Waals surface area contributed by atoms with Crippen molar-refractivity contribution in [1.29, 1.82) is 0 Å². The quantitative estimate of drug-likeness (QED) is 0.326. The summed E-state index contributed by atoms with van der Waals surface area (Å²) in [5.41, 5.74) is -1.03. The van der Waals surface area contributed by atoms with E-state index in [1.54, 1.807) is 6.92 Å². The number of carbonyl (C=O) groups is 4. The molecule has 3 N–H and O–H groups in total. The monoisotopic (exact) mass is 603 g/mol. The van der Waals surface area contributed by atoms with Gasteiger partial charge in [0.05, 0.1) is 32.0 Å². The largest absolute Gasteiger partial charge is 0.495 e. The number of carbonyl (C=O) groups excluding carboxylic acids is 2. The summed E-state index contributed by atoms with van der Waals surface area (Å²) < 4.78 is 16.7. The summed E-state index contributed by atoms with van der Waals surface area (Å²) in [5, 5.41) is 31.8. The molecule has 11 nitrogen and oxygen atoms in total. The SMILES string of the molecule is COC(=O)CCC(C(=O)O)N1Cc2c(C(=O)O)c(OC)c(C)c(OC[C@@H]3[C@@]4(C)CCCC(C)(C)[C@@H]4CC[C@@]3(C)O)c2C1=O. The van der Waals surface area contributed by atoms with Crippen molar-refractivity contribution in [2.24, 2.45) is 22.7 Å². The second-order valence-electron chi connectivity index (χ2n) is 13.6. The smallest absolute Gasteiger partial charge is 0.339 e. The Morgan fingerprint density at radius 3 is 2.30 bits per heavy atom. The van der Waals surface area contributed by atoms with E-state index in [0.717, 1.165) is 30.6 Å². The Bertz CT molecular complexity index is 1320. The average Bonchev–Trinajstić information content (AvgIpc) is 3.23. The molecule has 0 bridgehead atoms. The minimum absolute atomic E-state index is 0.0237. The van der Waals surface area contributed by atoms with Crippen molar-refractivity contribution in [2.45, 2.75) is 97.8 Å². The number of carboxylic acid groups (broad SMARTS) is 2. The van der Waals surface area contributed by atoms with Gasteiger partial charge in [0.25, 0.3) is 5.91 Å². The predicted molar refractivity (Wildman–Crippen MR) is 155 cm³/mol. The number of esters is 1. The molecule has 1 heterocycles. The third-order valence-corrected chi connectivity index (χ3v) is 10.6. The Hall–Kier alpha value is -3.34. The van der Waals surface area contributed by atoms with Gasteiger partial charge in [-0.1, -0.05) is 27.2 Å². The first-order valence-electron chi connectivity index (χ1n) is 14.9. The Labute approximate surface area is 252 Å². The van der Waals surface area contributed by atoms with Crippen LogP contribution in [0, 0.1) is 29.6 Å². The average molecular weight is 604 g/mol. The van der Waals surface area contributed by atoms with E-state index < -0.39 is 35.5 Å². The lowest BCUT2D eigenvalue weighted by molar-refractivity contribution is -0.176. The molecule has 2 aliphatic carbocycles. The van der Waals surface area contributed by atoms with Crippen LogP contribution in [0.1, 0.15) is 104 Å². The van der Waals surface area contributed by atoms with Crippen LogP contribution in [0.3, 0.4) is 0 Å². The summed E-state index contributed by atoms with van der Waals surface area (Å²) in [5.74, 6) is -3.75. The summed E-state index contributed by atoms with van der Waals surface area (Å²) in [4.78, 5) is 51.5. The zero-order valence-corrected chi connectivity index (χ0v) is 26.2. The zero-order valence-electron chi connectivity index (χ0n) is 26.2. The standard InChI is InChI=1S/C32H45NO10/c1-17-25(42-7)24(29(38)39)18-15-33(19(28(36)37)9-10-22(34)41-6)27(35)23(18)26(17)43-16-21-31(4)13-8-12-30(2,3)20(31)11-14-32(21,5)40/h19-21,40H,8-16H2,1-7H3,(H,36,37)(H,38,39)/t19?,20-,21+,31-,32+/m0/s1. The highest BCUT2D eigenvalue weighted by atomic mass is 16.5. The highest BCUT2D eigenvalue weighted by molar-refractivity contribution is 6.08. The number of fused-ring (bicyclic) bond motifs is 2. The van der Waals surface area contributed by atoms with E-state index in [0.29, 0.717) is 17.9 Å². The number of rotatable bonds is 10. The van der Waals surface area contributed by atoms with Crippen LogP contribution in [0.5, 0.6) is 11.5 Å². The molecule has 1 unspecified atom stereocenters. The van der Waals surface area contributed by atoms with Crippen LogP contribution in [-0.2, 0) is 20.9 Å². The highest BCUT2D eigenvalue weighted by Crippen LogP contribution is 2.62. The fourth-order valence-corrected chi connectivity index (χ4v) is 8.49. The first-order chi connectivity index (χ1) is 20.0. The number of hydrogen-bond donors (Lipinski definition) is 3. The van der Waals surface area contributed by atoms with Gasteiger partial charge in [-0.05, 0) is 62.7 Å². The van der Waals surface area contributed by atoms with E-state index in [-0.39, 0.29) is 70.9 Å². The molecule has 0 saturated heterocycles. The molecule has 238 valence electrons. The molecule has 11 heteroatoms. The van der Waals surface area contributed by atoms with E-state index in [9.17, 15) is 34.5 Å². The van der Waals surface area contributed by atoms with Crippen molar-refractivity contribution in [3.8, 4) is 11.5 Å². The van der Waals surface area contributed by atoms with E-state index in [2.05, 4.69) is 25.5 Å². The molecule has 0 spiro atoms. The summed E-state index contributed by atoms with van der Waals surface area (Å²) in [6.07, 6.45) is 4.12. The maximum Gasteiger partial charge on any atom is 0.339 e. The van der Waals surface area contributed by atoms with Gasteiger partial charge in [0.1, 0.15) is 23.1 Å². The van der Waals surface area contributed by atoms with Crippen LogP contribution in [0.15, 0.2) is 0 Å². The van der Waals surface area contributed by atoms with Crippen molar-refractivity contribution < 1.29 is 48.7 Å². The normalized spacial score (nSPS) is 28.5. The molecule has 2 fully saturated rings. The van der Waals surface area contributed by atoms with Crippen molar-refractivity contribution in [3.05, 3.63) is 22.3 Å². The van der Waals surface area contributed by atoms with Gasteiger partial charge in [-0.2, -0.15) is 0 Å². The Morgan fingerprint density at radius 2 is 1.72 bits per heavy atom. The van der Waals surface area contributed by atoms with Crippen LogP contribution in [-0.4, -0.2) is 76.5 Å². The zero-order chi connectivity index (χ0) is 32.1. The molecule has 1 amide bonds. The molecule has 5 atom stereocenters. The number of hydrogen-bond acceptors (Lipinski definition) is 8. The molecule has 2 saturated carbocycles. The first-order valence-corrected chi connectivity index (χ1v) is 14.9. The van der Waals surface area contributed by atoms with Gasteiger partial charge < -0.3 is 34.4 Å². The number of nitrogens with zero attached hydrogens (tertiary/aromatic N) is 1. The number of carboxylic acids is 2. The number of aliphatic carboxylic acids is 1. The van der Waals surface area contributed by atoms with E-state index in [1.165, 1.54) is 14.2 Å². The van der Waals surface area contributed by atoms with Crippen LogP contribution in [0.2, 0.25) is 0 Å². The molecule has 3 aliphatic rings. The lowest BCUT2D eigenvalue weighted by Gasteiger charge is -2.61. The van der Waals surface area contributed by atoms with Crippen molar-refractivity contribution >= 4 is 23.8 Å². The van der Waals surface area contributed by atoms with Gasteiger partial charge in [-0.25, -0.2) is 9.59 Å². The number of aliphatic hydroxyl groups is 1. The number of benzene rings is 1. The van der Waals surface area contributed by atoms with E-state index in [1.807, 2.05) is 6.92 Å². The molecule has 1 aromatic carbocycles. The van der Waals surface area contributed by atoms with Gasteiger partial charge in [-0.3, -0.25) is 9.59 Å². The molecular weight excluding hydrogens is 558 g/mol. The Kier molecular flexibility index (Phi) is 8.81. The van der Waals surface area contributed by atoms with Gasteiger partial charge in [0.15, 0.2) is 0 Å². The van der Waals surface area contributed by atoms with Gasteiger partial charge in [-0.15, -0.1) is 0 Å². The van der Waals surface area contributed by atoms with Gasteiger partial charge in [0, 0.05) is 30.0 Å². The fourth-order valence-electron chi connectivity index (χ4n) is 8.49. The highest BCUT2D eigenvalue weighted by Gasteiger charge is 2.58. The molecule has 0 aromatic heterocycles. The third kappa shape index (κ3) is 5.56. The van der Waals surface area contributed by atoms with Crippen LogP contribution < -0.4 is 9.47 Å². The van der Waals surface area contributed by atoms with Crippen molar-refractivity contribution in [2.75, 3.05) is 20.8 Å². The van der Waals surface area contributed by atoms with Crippen LogP contribution in [0.4, 0.5) is 0 Å². The Balaban J connectivity index is 1.78. The fraction of sp³-hybridized carbons (Fsp3) is 0.688. The minimum atomic E-state index is -1.40. The molecule has 1 aromatic rings. The van der Waals surface area contributed by atoms with E-state index in [4.69, 9.17) is 9.47 Å². The molecular formula is C32H45NO10. The Morgan fingerprint density at radius 1 is 1.05 bits per heavy atom. The van der Waals surface area contributed by atoms with Crippen molar-refractivity contribution in [1.82, 2.24) is 4.90 Å². The molecule has 1 aliphatic heterocycles. The third-order valence-electron chi connectivity index (χ3n) is 10.6. The lowest BCUT2D eigenvalue weighted by atomic mass is 9.46. The second-order valence-corrected chi connectivity index (χ2v) is 13.6. The lowest BCUT2D eigenvalue weighted by Crippen LogP contribution is -2.59. The molecule has 4 rings (SSSR count). The summed E-state index contributed by atoms with van der Waals surface area (Å²) >= 11 is 0. The number of aromatic carboxylic acids is 1. The number of ether oxygens (including phenoxy) is 3. The molecule has 43 heavy (non-hydrogen) atoms. The van der Waals surface area contributed by atoms with Gasteiger partial charge >= 0.3 is 17.9 Å². The van der Waals surface area contributed by atoms with Crippen LogP contribution >= 0.6 is 0 Å². The van der Waals surface area contributed by atoms with Gasteiger partial charge in [0.2, 0.25) is 0 Å². The first kappa shape index (κ1) is 32.6. The summed E-state index contributed by atoms with van der Waals surface area (Å²) in [6.45, 7) is 10.00. The minimum Gasteiger partial charge on any atom is -0.495 e. The summed E-state index contributed by atoms with van der Waals surface area (Å²) in [7, 11) is 2.52. The second kappa shape index (κ2) is 11.6. The van der Waals surface area contributed by atoms with E-state index >= 15 is 0 Å². The topological polar surface area (TPSA) is 160 Å².